The summed E-state index contributed by atoms with van der Waals surface area (Å²) in [6.07, 6.45) is 0. The number of rotatable bonds is 16. The Morgan fingerprint density at radius 1 is 0.439 bits per heavy atom. The summed E-state index contributed by atoms with van der Waals surface area (Å²) in [5, 5.41) is 0. The third kappa shape index (κ3) is 13.8. The molecule has 41 heavy (non-hydrogen) atoms. The van der Waals surface area contributed by atoms with E-state index in [1.54, 1.807) is 0 Å². The van der Waals surface area contributed by atoms with Crippen molar-refractivity contribution < 1.29 is 20.6 Å². The maximum absolute atomic E-state index is 7.24. The first-order valence-corrected chi connectivity index (χ1v) is 32.6. The van der Waals surface area contributed by atoms with E-state index < -0.39 is 50.9 Å². The van der Waals surface area contributed by atoms with Crippen LogP contribution in [0.5, 0.6) is 0 Å². The van der Waals surface area contributed by atoms with Gasteiger partial charge in [-0.3, -0.25) is 0 Å². The highest BCUT2D eigenvalue weighted by Gasteiger charge is 2.50. The molecule has 11 heteroatoms. The minimum absolute atomic E-state index is 0.300. The highest BCUT2D eigenvalue weighted by Crippen LogP contribution is 2.36. The Labute approximate surface area is 258 Å². The van der Waals surface area contributed by atoms with E-state index in [-0.39, 0.29) is 0 Å². The molecule has 4 unspecified atom stereocenters. The predicted molar refractivity (Wildman–Crippen MR) is 190 cm³/mol. The second-order valence-corrected chi connectivity index (χ2v) is 38.3. The van der Waals surface area contributed by atoms with Crippen LogP contribution < -0.4 is 0 Å². The van der Waals surface area contributed by atoms with Gasteiger partial charge < -0.3 is 20.6 Å². The summed E-state index contributed by atoms with van der Waals surface area (Å²) in [6.45, 7) is 31.3. The lowest BCUT2D eigenvalue weighted by Gasteiger charge is -2.45. The second-order valence-electron chi connectivity index (χ2n) is 14.8. The lowest BCUT2D eigenvalue weighted by atomic mass is 10.0. The Kier molecular flexibility index (Phi) is 12.6. The van der Waals surface area contributed by atoms with E-state index in [0.717, 1.165) is 12.1 Å². The molecule has 2 aromatic carbocycles. The predicted octanol–water partition coefficient (Wildman–Crippen LogP) is 9.89. The van der Waals surface area contributed by atoms with Gasteiger partial charge in [0.1, 0.15) is 0 Å². The molecule has 0 bridgehead atoms. The van der Waals surface area contributed by atoms with Crippen molar-refractivity contribution in [2.45, 2.75) is 116 Å². The molecule has 0 amide bonds. The fraction of sp³-hybridized carbons (Fsp3) is 0.600. The van der Waals surface area contributed by atoms with Crippen LogP contribution in [0.25, 0.3) is 0 Å². The molecule has 0 aliphatic carbocycles. The van der Waals surface area contributed by atoms with Gasteiger partial charge in [-0.25, -0.2) is 0 Å². The number of benzene rings is 2. The molecule has 5 nitrogen and oxygen atoms in total. The van der Waals surface area contributed by atoms with Gasteiger partial charge in [-0.15, -0.1) is 0 Å². The molecule has 0 heterocycles. The summed E-state index contributed by atoms with van der Waals surface area (Å²) in [4.78, 5) is 0. The van der Waals surface area contributed by atoms with Gasteiger partial charge in [-0.05, 0) is 114 Å². The summed E-state index contributed by atoms with van der Waals surface area (Å²) >= 11 is 0. The van der Waals surface area contributed by atoms with Crippen LogP contribution >= 0.6 is 0 Å². The molecule has 0 radical (unpaired) electrons. The van der Waals surface area contributed by atoms with Crippen molar-refractivity contribution in [3.63, 3.8) is 0 Å². The van der Waals surface area contributed by atoms with Gasteiger partial charge in [-0.2, -0.15) is 0 Å². The van der Waals surface area contributed by atoms with Gasteiger partial charge in [0.15, 0.2) is 16.6 Å². The Hall–Kier alpha value is -0.459. The molecule has 0 saturated carbocycles. The average Bonchev–Trinajstić information content (AvgIpc) is 2.75. The highest BCUT2D eigenvalue weighted by atomic mass is 28.5. The normalized spacial score (nSPS) is 17.9. The van der Waals surface area contributed by atoms with Crippen molar-refractivity contribution in [1.82, 2.24) is 0 Å². The summed E-state index contributed by atoms with van der Waals surface area (Å²) in [7, 11) is -14.2. The molecule has 0 spiro atoms. The maximum Gasteiger partial charge on any atom is 0.317 e. The summed E-state index contributed by atoms with van der Waals surface area (Å²) < 4.78 is 35.2. The Morgan fingerprint density at radius 2 is 0.732 bits per heavy atom. The van der Waals surface area contributed by atoms with Crippen molar-refractivity contribution in [2.75, 3.05) is 0 Å². The summed E-state index contributed by atoms with van der Waals surface area (Å²) in [5.41, 5.74) is 2.63. The van der Waals surface area contributed by atoms with Gasteiger partial charge >= 0.3 is 34.2 Å². The molecule has 0 saturated heterocycles. The van der Waals surface area contributed by atoms with Gasteiger partial charge in [0.05, 0.1) is 0 Å². The van der Waals surface area contributed by atoms with Crippen molar-refractivity contribution >= 4 is 50.9 Å². The SMILES string of the molecule is CC(C[Si](C)(O[Si](C)(C)C)O[Si](C)(C)O[Si](C)(CC(C)c1ccccc1)O[Si](C)(C)O[Si](C)(C)C)c1ccccc1. The van der Waals surface area contributed by atoms with Crippen LogP contribution in [0.3, 0.4) is 0 Å². The van der Waals surface area contributed by atoms with Crippen molar-refractivity contribution in [1.29, 1.82) is 0 Å². The van der Waals surface area contributed by atoms with Gasteiger partial charge in [0, 0.05) is 0 Å². The number of hydrogen-bond donors (Lipinski definition) is 0. The molecule has 0 aliphatic rings. The van der Waals surface area contributed by atoms with Crippen molar-refractivity contribution in [2.24, 2.45) is 0 Å². The lowest BCUT2D eigenvalue weighted by Crippen LogP contribution is -2.61. The standard InChI is InChI=1S/C30H58O5Si6/c1-27(29-21-17-15-18-22-29)25-40(13,32-37(6,7)8)34-39(11,12)35-41(14,33-38(9,10)31-36(3,4)5)26-28(2)30-23-19-16-20-24-30/h15-24,27-28H,25-26H2,1-14H3. The third-order valence-corrected chi connectivity index (χ3v) is 28.9. The van der Waals surface area contributed by atoms with Crippen molar-refractivity contribution in [3.8, 4) is 0 Å². The van der Waals surface area contributed by atoms with Crippen molar-refractivity contribution in [3.05, 3.63) is 71.8 Å². The second kappa shape index (κ2) is 14.1. The maximum atomic E-state index is 7.24. The average molecular weight is 667 g/mol. The number of hydrogen-bond acceptors (Lipinski definition) is 5. The molecule has 0 N–H and O–H groups in total. The molecule has 2 rings (SSSR count). The van der Waals surface area contributed by atoms with Crippen LogP contribution in [-0.4, -0.2) is 50.9 Å². The van der Waals surface area contributed by atoms with E-state index >= 15 is 0 Å². The topological polar surface area (TPSA) is 46.2 Å². The molecular formula is C30H58O5Si6. The van der Waals surface area contributed by atoms with Crippen LogP contribution in [0.4, 0.5) is 0 Å². The van der Waals surface area contributed by atoms with E-state index in [2.05, 4.69) is 153 Å². The smallest absolute Gasteiger partial charge is 0.317 e. The minimum atomic E-state index is -2.75. The monoisotopic (exact) mass is 666 g/mol. The molecular weight excluding hydrogens is 609 g/mol. The fourth-order valence-corrected chi connectivity index (χ4v) is 35.9. The molecule has 0 aromatic heterocycles. The third-order valence-electron chi connectivity index (χ3n) is 6.55. The zero-order chi connectivity index (χ0) is 31.3. The van der Waals surface area contributed by atoms with E-state index in [1.165, 1.54) is 11.1 Å². The van der Waals surface area contributed by atoms with E-state index in [1.807, 2.05) is 0 Å². The summed E-state index contributed by atoms with van der Waals surface area (Å²) in [6, 6.07) is 23.2. The molecule has 0 fully saturated rings. The van der Waals surface area contributed by atoms with Crippen LogP contribution in [0.1, 0.15) is 36.8 Å². The quantitative estimate of drug-likeness (QED) is 0.167. The largest absolute Gasteiger partial charge is 0.437 e. The zero-order valence-corrected chi connectivity index (χ0v) is 34.4. The van der Waals surface area contributed by atoms with Crippen LogP contribution in [0, 0.1) is 0 Å². The Morgan fingerprint density at radius 3 is 1.05 bits per heavy atom. The lowest BCUT2D eigenvalue weighted by molar-refractivity contribution is 0.272. The Balaban J connectivity index is 2.39. The van der Waals surface area contributed by atoms with Crippen LogP contribution in [0.15, 0.2) is 60.7 Å². The highest BCUT2D eigenvalue weighted by molar-refractivity contribution is 6.91. The van der Waals surface area contributed by atoms with Gasteiger partial charge in [0.2, 0.25) is 0 Å². The molecule has 0 aliphatic heterocycles. The summed E-state index contributed by atoms with van der Waals surface area (Å²) in [5.74, 6) is 0.637. The van der Waals surface area contributed by atoms with E-state index in [9.17, 15) is 0 Å². The van der Waals surface area contributed by atoms with Gasteiger partial charge in [0.25, 0.3) is 0 Å². The fourth-order valence-electron chi connectivity index (χ4n) is 6.11. The van der Waals surface area contributed by atoms with E-state index in [0.29, 0.717) is 11.8 Å². The first kappa shape index (κ1) is 36.7. The zero-order valence-electron chi connectivity index (χ0n) is 28.4. The molecule has 2 aromatic rings. The first-order valence-electron chi connectivity index (χ1n) is 15.1. The minimum Gasteiger partial charge on any atom is -0.437 e. The Bertz CT molecular complexity index is 1070. The van der Waals surface area contributed by atoms with E-state index in [4.69, 9.17) is 20.6 Å². The van der Waals surface area contributed by atoms with Crippen LogP contribution in [-0.2, 0) is 20.6 Å². The van der Waals surface area contributed by atoms with Crippen LogP contribution in [0.2, 0.25) is 90.7 Å². The molecule has 232 valence electrons. The first-order chi connectivity index (χ1) is 18.5. The molecule has 4 atom stereocenters. The van der Waals surface area contributed by atoms with Gasteiger partial charge in [-0.1, -0.05) is 74.5 Å².